The number of methoxy groups -OCH3 is 2. The van der Waals surface area contributed by atoms with Gasteiger partial charge in [0.05, 0.1) is 43.7 Å². The van der Waals surface area contributed by atoms with Gasteiger partial charge in [0, 0.05) is 6.07 Å². The van der Waals surface area contributed by atoms with E-state index in [0.29, 0.717) is 5.75 Å². The third-order valence-corrected chi connectivity index (χ3v) is 5.83. The summed E-state index contributed by atoms with van der Waals surface area (Å²) in [6.45, 7) is 1.98. The Morgan fingerprint density at radius 2 is 1.54 bits per heavy atom. The van der Waals surface area contributed by atoms with Gasteiger partial charge in [0.1, 0.15) is 29.0 Å². The fourth-order valence-corrected chi connectivity index (χ4v) is 4.21. The second-order valence-corrected chi connectivity index (χ2v) is 7.95. The highest BCUT2D eigenvalue weighted by Crippen LogP contribution is 2.45. The zero-order valence-electron chi connectivity index (χ0n) is 20.1. The van der Waals surface area contributed by atoms with Gasteiger partial charge in [0.15, 0.2) is 11.5 Å². The van der Waals surface area contributed by atoms with E-state index in [1.165, 1.54) is 38.5 Å². The highest BCUT2D eigenvalue weighted by molar-refractivity contribution is 6.51. The molecule has 1 fully saturated rings. The Morgan fingerprint density at radius 3 is 2.22 bits per heavy atom. The molecule has 1 aliphatic rings. The summed E-state index contributed by atoms with van der Waals surface area (Å²) < 4.78 is 59.2. The number of rotatable bonds is 7. The summed E-state index contributed by atoms with van der Waals surface area (Å²) >= 11 is 0. The smallest absolute Gasteiger partial charge is 0.300 e. The predicted molar refractivity (Wildman–Crippen MR) is 128 cm³/mol. The van der Waals surface area contributed by atoms with Crippen LogP contribution >= 0.6 is 0 Å². The van der Waals surface area contributed by atoms with E-state index in [-0.39, 0.29) is 29.2 Å². The van der Waals surface area contributed by atoms with E-state index in [2.05, 4.69) is 0 Å². The number of aliphatic hydroxyl groups excluding tert-OH is 1. The molecule has 1 aliphatic heterocycles. The van der Waals surface area contributed by atoms with Crippen LogP contribution in [0.1, 0.15) is 24.1 Å². The van der Waals surface area contributed by atoms with Gasteiger partial charge in [-0.05, 0) is 55.0 Å². The fourth-order valence-electron chi connectivity index (χ4n) is 4.21. The Labute approximate surface area is 210 Å². The van der Waals surface area contributed by atoms with E-state index in [1.807, 2.05) is 0 Å². The Kier molecular flexibility index (Phi) is 7.10. The molecule has 4 rings (SSSR count). The molecule has 1 N–H and O–H groups in total. The van der Waals surface area contributed by atoms with Crippen molar-refractivity contribution in [3.05, 3.63) is 88.7 Å². The molecule has 1 saturated heterocycles. The number of hydrogen-bond acceptors (Lipinski definition) is 6. The van der Waals surface area contributed by atoms with Gasteiger partial charge < -0.3 is 19.3 Å². The first-order valence-electron chi connectivity index (χ1n) is 11.1. The highest BCUT2D eigenvalue weighted by Gasteiger charge is 2.48. The number of benzene rings is 3. The van der Waals surface area contributed by atoms with Crippen molar-refractivity contribution in [2.45, 2.75) is 13.0 Å². The summed E-state index contributed by atoms with van der Waals surface area (Å²) in [7, 11) is 2.70. The van der Waals surface area contributed by atoms with Crippen LogP contribution in [0, 0.1) is 17.5 Å². The Balaban J connectivity index is 2.04. The van der Waals surface area contributed by atoms with E-state index >= 15 is 0 Å². The van der Waals surface area contributed by atoms with Crippen molar-refractivity contribution >= 4 is 23.1 Å². The SMILES string of the molecule is CCOc1cc(C2/C(=C(\O)c3cc(F)ccc3OC)C(=O)C(=O)N2c2cc(F)ccc2F)ccc1OC. The first-order chi connectivity index (χ1) is 17.7. The molecule has 1 atom stereocenters. The lowest BCUT2D eigenvalue weighted by atomic mass is 9.94. The summed E-state index contributed by atoms with van der Waals surface area (Å²) in [5.41, 5.74) is -0.996. The number of nitrogens with zero attached hydrogens (tertiary/aromatic N) is 1. The lowest BCUT2D eigenvalue weighted by Crippen LogP contribution is -2.30. The molecule has 1 amide bonds. The maximum absolute atomic E-state index is 14.9. The highest BCUT2D eigenvalue weighted by atomic mass is 19.1. The van der Waals surface area contributed by atoms with Crippen molar-refractivity contribution in [2.24, 2.45) is 0 Å². The molecule has 0 aliphatic carbocycles. The standard InChI is InChI=1S/C27H22F3NO6/c1-4-37-22-11-14(5-9-21(22)36-3)24-23(25(32)17-12-15(28)7-10-20(17)35-2)26(33)27(34)31(24)19-13-16(29)6-8-18(19)30/h5-13,24,32H,4H2,1-3H3/b25-23+. The monoisotopic (exact) mass is 513 g/mol. The van der Waals surface area contributed by atoms with E-state index in [1.54, 1.807) is 6.92 Å². The van der Waals surface area contributed by atoms with Crippen molar-refractivity contribution in [1.29, 1.82) is 0 Å². The zero-order valence-corrected chi connectivity index (χ0v) is 20.1. The van der Waals surface area contributed by atoms with Gasteiger partial charge in [-0.15, -0.1) is 0 Å². The van der Waals surface area contributed by atoms with Crippen LogP contribution in [0.25, 0.3) is 5.76 Å². The number of carbonyl (C=O) groups excluding carboxylic acids is 2. The molecule has 3 aromatic rings. The molecule has 3 aromatic carbocycles. The summed E-state index contributed by atoms with van der Waals surface area (Å²) in [5, 5.41) is 11.2. The third-order valence-electron chi connectivity index (χ3n) is 5.83. The van der Waals surface area contributed by atoms with E-state index in [0.717, 1.165) is 35.2 Å². The van der Waals surface area contributed by atoms with Crippen molar-refractivity contribution in [2.75, 3.05) is 25.7 Å². The maximum Gasteiger partial charge on any atom is 0.300 e. The average Bonchev–Trinajstić information content (AvgIpc) is 3.15. The number of hydrogen-bond donors (Lipinski definition) is 1. The molecule has 1 unspecified atom stereocenters. The van der Waals surface area contributed by atoms with Crippen LogP contribution in [0.2, 0.25) is 0 Å². The molecule has 10 heteroatoms. The molecule has 0 aromatic heterocycles. The number of ketones is 1. The largest absolute Gasteiger partial charge is 0.507 e. The van der Waals surface area contributed by atoms with Crippen molar-refractivity contribution in [3.8, 4) is 17.2 Å². The first kappa shape index (κ1) is 25.6. The van der Waals surface area contributed by atoms with Gasteiger partial charge in [-0.1, -0.05) is 6.07 Å². The molecule has 1 heterocycles. The van der Waals surface area contributed by atoms with Gasteiger partial charge in [-0.2, -0.15) is 0 Å². The van der Waals surface area contributed by atoms with Gasteiger partial charge in [0.2, 0.25) is 0 Å². The lowest BCUT2D eigenvalue weighted by Gasteiger charge is -2.26. The fraction of sp³-hybridized carbons (Fsp3) is 0.185. The number of Topliss-reactive ketones (excluding diaryl/α,β-unsaturated/α-hetero) is 1. The molecular weight excluding hydrogens is 491 g/mol. The number of anilines is 1. The summed E-state index contributed by atoms with van der Waals surface area (Å²) in [6, 6.07) is 8.72. The number of halogens is 3. The minimum Gasteiger partial charge on any atom is -0.507 e. The maximum atomic E-state index is 14.9. The molecule has 0 bridgehead atoms. The Hall–Kier alpha value is -4.47. The normalized spacial score (nSPS) is 16.7. The quantitative estimate of drug-likeness (QED) is 0.267. The Morgan fingerprint density at radius 1 is 0.892 bits per heavy atom. The van der Waals surface area contributed by atoms with Crippen LogP contribution < -0.4 is 19.1 Å². The minimum atomic E-state index is -1.44. The van der Waals surface area contributed by atoms with Crippen LogP contribution in [0.15, 0.2) is 60.2 Å². The van der Waals surface area contributed by atoms with Crippen molar-refractivity contribution in [3.63, 3.8) is 0 Å². The van der Waals surface area contributed by atoms with Crippen LogP contribution in [0.4, 0.5) is 18.9 Å². The summed E-state index contributed by atoms with van der Waals surface area (Å²) in [6.07, 6.45) is 0. The number of amides is 1. The van der Waals surface area contributed by atoms with E-state index < -0.39 is 52.2 Å². The van der Waals surface area contributed by atoms with Gasteiger partial charge >= 0.3 is 0 Å². The topological polar surface area (TPSA) is 85.3 Å². The molecule has 0 saturated carbocycles. The van der Waals surface area contributed by atoms with Crippen LogP contribution in [0.3, 0.4) is 0 Å². The second kappa shape index (κ2) is 10.3. The van der Waals surface area contributed by atoms with Crippen LogP contribution in [-0.4, -0.2) is 37.6 Å². The average molecular weight is 513 g/mol. The number of ether oxygens (including phenoxy) is 3. The number of aliphatic hydroxyl groups is 1. The van der Waals surface area contributed by atoms with Gasteiger partial charge in [0.25, 0.3) is 11.7 Å². The predicted octanol–water partition coefficient (Wildman–Crippen LogP) is 5.15. The molecule has 0 spiro atoms. The zero-order chi connectivity index (χ0) is 26.9. The first-order valence-corrected chi connectivity index (χ1v) is 11.1. The summed E-state index contributed by atoms with van der Waals surface area (Å²) in [4.78, 5) is 27.3. The van der Waals surface area contributed by atoms with Crippen LogP contribution in [0.5, 0.6) is 17.2 Å². The van der Waals surface area contributed by atoms with Crippen molar-refractivity contribution < 1.29 is 42.1 Å². The molecular formula is C27H22F3NO6. The van der Waals surface area contributed by atoms with Crippen LogP contribution in [-0.2, 0) is 9.59 Å². The van der Waals surface area contributed by atoms with Gasteiger partial charge in [-0.3, -0.25) is 14.5 Å². The lowest BCUT2D eigenvalue weighted by molar-refractivity contribution is -0.132. The van der Waals surface area contributed by atoms with Gasteiger partial charge in [-0.25, -0.2) is 13.2 Å². The van der Waals surface area contributed by atoms with E-state index in [4.69, 9.17) is 14.2 Å². The molecule has 0 radical (unpaired) electrons. The van der Waals surface area contributed by atoms with Crippen molar-refractivity contribution in [1.82, 2.24) is 0 Å². The molecule has 7 nitrogen and oxygen atoms in total. The third kappa shape index (κ3) is 4.57. The number of carbonyl (C=O) groups is 2. The molecule has 37 heavy (non-hydrogen) atoms. The van der Waals surface area contributed by atoms with E-state index in [9.17, 15) is 27.9 Å². The Bertz CT molecular complexity index is 1420. The molecule has 192 valence electrons. The summed E-state index contributed by atoms with van der Waals surface area (Å²) in [5.74, 6) is -5.14. The minimum absolute atomic E-state index is 0.0190. The second-order valence-electron chi connectivity index (χ2n) is 7.95.